The maximum Gasteiger partial charge on any atom is 0.114 e. The van der Waals surface area contributed by atoms with E-state index in [4.69, 9.17) is 11.6 Å². The van der Waals surface area contributed by atoms with Gasteiger partial charge in [-0.05, 0) is 29.7 Å². The van der Waals surface area contributed by atoms with Gasteiger partial charge in [-0.25, -0.2) is 0 Å². The van der Waals surface area contributed by atoms with Crippen molar-refractivity contribution in [2.24, 2.45) is 0 Å². The fourth-order valence-corrected chi connectivity index (χ4v) is 2.14. The second-order valence-corrected chi connectivity index (χ2v) is 4.52. The Morgan fingerprint density at radius 2 is 1.47 bits per heavy atom. The predicted molar refractivity (Wildman–Crippen MR) is 71.2 cm³/mol. The maximum absolute atomic E-state index is 10.8. The third-order valence-corrected chi connectivity index (χ3v) is 3.34. The lowest BCUT2D eigenvalue weighted by molar-refractivity contribution is 0.0765. The zero-order valence-electron chi connectivity index (χ0n) is 9.73. The van der Waals surface area contributed by atoms with Gasteiger partial charge in [-0.1, -0.05) is 61.0 Å². The third-order valence-electron chi connectivity index (χ3n) is 3.08. The van der Waals surface area contributed by atoms with E-state index >= 15 is 0 Å². The number of rotatable bonds is 3. The Morgan fingerprint density at radius 3 is 2.00 bits per heavy atom. The molecule has 2 aromatic rings. The van der Waals surface area contributed by atoms with Crippen molar-refractivity contribution in [1.82, 2.24) is 0 Å². The van der Waals surface area contributed by atoms with E-state index in [-0.39, 0.29) is 0 Å². The molecule has 1 unspecified atom stereocenters. The summed E-state index contributed by atoms with van der Waals surface area (Å²) >= 11 is 5.87. The summed E-state index contributed by atoms with van der Waals surface area (Å²) in [6.45, 7) is 1.97. The molecule has 1 N–H and O–H groups in total. The molecule has 0 aromatic heterocycles. The summed E-state index contributed by atoms with van der Waals surface area (Å²) in [7, 11) is 0. The average molecular weight is 247 g/mol. The second-order valence-electron chi connectivity index (χ2n) is 4.09. The lowest BCUT2D eigenvalue weighted by Gasteiger charge is -2.28. The lowest BCUT2D eigenvalue weighted by Crippen LogP contribution is -2.26. The molecule has 0 heterocycles. The normalized spacial score (nSPS) is 14.3. The average Bonchev–Trinajstić information content (AvgIpc) is 2.40. The summed E-state index contributed by atoms with van der Waals surface area (Å²) < 4.78 is 0. The van der Waals surface area contributed by atoms with Crippen LogP contribution < -0.4 is 0 Å². The van der Waals surface area contributed by atoms with E-state index in [2.05, 4.69) is 0 Å². The molecule has 17 heavy (non-hydrogen) atoms. The third kappa shape index (κ3) is 2.36. The Balaban J connectivity index is 2.48. The van der Waals surface area contributed by atoms with Gasteiger partial charge in [0.2, 0.25) is 0 Å². The quantitative estimate of drug-likeness (QED) is 0.868. The van der Waals surface area contributed by atoms with E-state index in [1.807, 2.05) is 49.4 Å². The van der Waals surface area contributed by atoms with Crippen molar-refractivity contribution in [2.75, 3.05) is 0 Å². The highest BCUT2D eigenvalue weighted by atomic mass is 35.5. The molecule has 1 nitrogen and oxygen atoms in total. The Hall–Kier alpha value is -1.31. The van der Waals surface area contributed by atoms with Gasteiger partial charge in [0.05, 0.1) is 0 Å². The van der Waals surface area contributed by atoms with E-state index in [1.54, 1.807) is 12.1 Å². The Kier molecular flexibility index (Phi) is 3.51. The van der Waals surface area contributed by atoms with E-state index < -0.39 is 5.60 Å². The van der Waals surface area contributed by atoms with Gasteiger partial charge in [-0.15, -0.1) is 0 Å². The first kappa shape index (κ1) is 12.2. The Morgan fingerprint density at radius 1 is 0.941 bits per heavy atom. The van der Waals surface area contributed by atoms with Crippen LogP contribution in [0.1, 0.15) is 24.5 Å². The molecule has 0 spiro atoms. The monoisotopic (exact) mass is 246 g/mol. The van der Waals surface area contributed by atoms with Gasteiger partial charge >= 0.3 is 0 Å². The van der Waals surface area contributed by atoms with Crippen LogP contribution in [-0.4, -0.2) is 5.11 Å². The molecule has 2 aromatic carbocycles. The molecular formula is C15H15ClO. The van der Waals surface area contributed by atoms with Crippen LogP contribution in [0.3, 0.4) is 0 Å². The summed E-state index contributed by atoms with van der Waals surface area (Å²) in [6.07, 6.45) is 0.624. The molecule has 0 fully saturated rings. The fourth-order valence-electron chi connectivity index (χ4n) is 2.01. The standard InChI is InChI=1S/C15H15ClO/c1-2-15(17,12-6-4-3-5-7-12)13-8-10-14(16)11-9-13/h3-11,17H,2H2,1H3. The smallest absolute Gasteiger partial charge is 0.114 e. The molecule has 0 aliphatic carbocycles. The molecule has 0 radical (unpaired) electrons. The van der Waals surface area contributed by atoms with Crippen LogP contribution in [0.25, 0.3) is 0 Å². The second kappa shape index (κ2) is 4.91. The van der Waals surface area contributed by atoms with E-state index in [0.717, 1.165) is 11.1 Å². The summed E-state index contributed by atoms with van der Waals surface area (Å²) in [6, 6.07) is 17.1. The van der Waals surface area contributed by atoms with Crippen LogP contribution in [0.4, 0.5) is 0 Å². The van der Waals surface area contributed by atoms with Crippen molar-refractivity contribution in [3.05, 3.63) is 70.7 Å². The molecule has 2 rings (SSSR count). The van der Waals surface area contributed by atoms with E-state index in [0.29, 0.717) is 11.4 Å². The van der Waals surface area contributed by atoms with Gasteiger partial charge < -0.3 is 5.11 Å². The summed E-state index contributed by atoms with van der Waals surface area (Å²) in [5.74, 6) is 0. The highest BCUT2D eigenvalue weighted by molar-refractivity contribution is 6.30. The molecule has 88 valence electrons. The highest BCUT2D eigenvalue weighted by Crippen LogP contribution is 2.33. The topological polar surface area (TPSA) is 20.2 Å². The zero-order chi connectivity index (χ0) is 12.3. The summed E-state index contributed by atoms with van der Waals surface area (Å²) in [5, 5.41) is 11.5. The molecule has 0 aliphatic rings. The van der Waals surface area contributed by atoms with Crippen LogP contribution in [0.2, 0.25) is 5.02 Å². The summed E-state index contributed by atoms with van der Waals surface area (Å²) in [5.41, 5.74) is 0.840. The molecule has 0 bridgehead atoms. The fraction of sp³-hybridized carbons (Fsp3) is 0.200. The zero-order valence-corrected chi connectivity index (χ0v) is 10.5. The summed E-state index contributed by atoms with van der Waals surface area (Å²) in [4.78, 5) is 0. The van der Waals surface area contributed by atoms with Gasteiger partial charge in [-0.3, -0.25) is 0 Å². The minimum absolute atomic E-state index is 0.624. The van der Waals surface area contributed by atoms with Crippen molar-refractivity contribution < 1.29 is 5.11 Å². The van der Waals surface area contributed by atoms with Crippen LogP contribution in [0.5, 0.6) is 0 Å². The van der Waals surface area contributed by atoms with Crippen molar-refractivity contribution in [1.29, 1.82) is 0 Å². The van der Waals surface area contributed by atoms with E-state index in [1.165, 1.54) is 0 Å². The molecule has 2 heteroatoms. The lowest BCUT2D eigenvalue weighted by atomic mass is 9.84. The van der Waals surface area contributed by atoms with Crippen LogP contribution >= 0.6 is 11.6 Å². The minimum Gasteiger partial charge on any atom is -0.380 e. The Bertz CT molecular complexity index is 478. The first-order valence-electron chi connectivity index (χ1n) is 5.71. The van der Waals surface area contributed by atoms with Crippen molar-refractivity contribution in [3.63, 3.8) is 0 Å². The van der Waals surface area contributed by atoms with Gasteiger partial charge in [0.15, 0.2) is 0 Å². The van der Waals surface area contributed by atoms with Crippen LogP contribution in [0.15, 0.2) is 54.6 Å². The molecule has 0 amide bonds. The number of halogens is 1. The highest BCUT2D eigenvalue weighted by Gasteiger charge is 2.28. The van der Waals surface area contributed by atoms with Crippen molar-refractivity contribution in [2.45, 2.75) is 18.9 Å². The number of aliphatic hydroxyl groups is 1. The van der Waals surface area contributed by atoms with E-state index in [9.17, 15) is 5.11 Å². The van der Waals surface area contributed by atoms with Gasteiger partial charge in [0.1, 0.15) is 5.60 Å². The first-order valence-corrected chi connectivity index (χ1v) is 6.08. The SMILES string of the molecule is CCC(O)(c1ccccc1)c1ccc(Cl)cc1. The van der Waals surface area contributed by atoms with Crippen molar-refractivity contribution in [3.8, 4) is 0 Å². The number of benzene rings is 2. The number of hydrogen-bond acceptors (Lipinski definition) is 1. The van der Waals surface area contributed by atoms with Gasteiger partial charge in [0, 0.05) is 5.02 Å². The van der Waals surface area contributed by atoms with Crippen molar-refractivity contribution >= 4 is 11.6 Å². The Labute approximate surface area is 107 Å². The van der Waals surface area contributed by atoms with Crippen LogP contribution in [0, 0.1) is 0 Å². The molecule has 0 saturated heterocycles. The van der Waals surface area contributed by atoms with Gasteiger partial charge in [-0.2, -0.15) is 0 Å². The van der Waals surface area contributed by atoms with Crippen LogP contribution in [-0.2, 0) is 5.60 Å². The van der Waals surface area contributed by atoms with Gasteiger partial charge in [0.25, 0.3) is 0 Å². The molecule has 0 saturated carbocycles. The maximum atomic E-state index is 10.8. The molecule has 0 aliphatic heterocycles. The number of hydrogen-bond donors (Lipinski definition) is 1. The molecular weight excluding hydrogens is 232 g/mol. The largest absolute Gasteiger partial charge is 0.380 e. The minimum atomic E-state index is -0.939. The first-order chi connectivity index (χ1) is 8.16. The predicted octanol–water partition coefficient (Wildman–Crippen LogP) is 3.99. The molecule has 1 atom stereocenters.